The van der Waals surface area contributed by atoms with Gasteiger partial charge in [0.2, 0.25) is 0 Å². The highest BCUT2D eigenvalue weighted by Crippen LogP contribution is 2.20. The van der Waals surface area contributed by atoms with Crippen LogP contribution in [0.1, 0.15) is 13.8 Å². The quantitative estimate of drug-likeness (QED) is 0.890. The van der Waals surface area contributed by atoms with Gasteiger partial charge < -0.3 is 14.7 Å². The normalized spacial score (nSPS) is 10.7. The lowest BCUT2D eigenvalue weighted by Crippen LogP contribution is -2.43. The molecule has 0 spiro atoms. The minimum atomic E-state index is -1.03. The summed E-state index contributed by atoms with van der Waals surface area (Å²) in [4.78, 5) is 24.2. The van der Waals surface area contributed by atoms with E-state index in [0.717, 1.165) is 10.8 Å². The second kappa shape index (κ2) is 6.93. The molecule has 5 heteroatoms. The minimum absolute atomic E-state index is 0.177. The summed E-state index contributed by atoms with van der Waals surface area (Å²) in [5.74, 6) is -0.788. The van der Waals surface area contributed by atoms with E-state index in [1.165, 1.54) is 4.90 Å². The van der Waals surface area contributed by atoms with Crippen molar-refractivity contribution >= 4 is 22.6 Å². The molecule has 0 bridgehead atoms. The van der Waals surface area contributed by atoms with Crippen LogP contribution >= 0.6 is 0 Å². The fourth-order valence-electron chi connectivity index (χ4n) is 2.19. The fraction of sp³-hybridized carbons (Fsp3) is 0.294. The number of benzene rings is 2. The van der Waals surface area contributed by atoms with Gasteiger partial charge in [-0.1, -0.05) is 30.3 Å². The van der Waals surface area contributed by atoms with Crippen molar-refractivity contribution in [2.75, 3.05) is 13.2 Å². The Kier molecular flexibility index (Phi) is 4.99. The van der Waals surface area contributed by atoms with E-state index in [2.05, 4.69) is 0 Å². The Hall–Kier alpha value is -2.56. The number of aliphatic carboxylic acids is 1. The predicted octanol–water partition coefficient (Wildman–Crippen LogP) is 2.54. The molecule has 1 amide bonds. The molecule has 0 saturated carbocycles. The highest BCUT2D eigenvalue weighted by atomic mass is 16.5. The molecular weight excluding hydrogens is 282 g/mol. The molecular formula is C17H19NO4. The molecule has 1 N–H and O–H groups in total. The molecule has 0 aliphatic heterocycles. The number of fused-ring (bicyclic) bond motifs is 1. The van der Waals surface area contributed by atoms with Crippen LogP contribution in [0.4, 0.5) is 0 Å². The maximum Gasteiger partial charge on any atom is 0.323 e. The Morgan fingerprint density at radius 3 is 2.45 bits per heavy atom. The number of carbonyl (C=O) groups excluding carboxylic acids is 1. The average molecular weight is 301 g/mol. The van der Waals surface area contributed by atoms with E-state index in [4.69, 9.17) is 9.84 Å². The molecule has 0 saturated heterocycles. The number of carbonyl (C=O) groups is 2. The summed E-state index contributed by atoms with van der Waals surface area (Å²) in [5.41, 5.74) is 0. The van der Waals surface area contributed by atoms with Crippen molar-refractivity contribution < 1.29 is 19.4 Å². The van der Waals surface area contributed by atoms with Gasteiger partial charge >= 0.3 is 5.97 Å². The van der Waals surface area contributed by atoms with Crippen molar-refractivity contribution in [3.05, 3.63) is 42.5 Å². The van der Waals surface area contributed by atoms with Crippen LogP contribution in [0, 0.1) is 0 Å². The number of amides is 1. The molecule has 0 atom stereocenters. The van der Waals surface area contributed by atoms with Gasteiger partial charge in [-0.2, -0.15) is 0 Å². The third-order valence-corrected chi connectivity index (χ3v) is 3.33. The molecule has 0 heterocycles. The molecule has 2 rings (SSSR count). The number of rotatable bonds is 6. The van der Waals surface area contributed by atoms with Gasteiger partial charge in [0.25, 0.3) is 5.91 Å². The first-order valence-electron chi connectivity index (χ1n) is 7.10. The Bertz CT molecular complexity index is 681. The van der Waals surface area contributed by atoms with Crippen molar-refractivity contribution in [1.29, 1.82) is 0 Å². The summed E-state index contributed by atoms with van der Waals surface area (Å²) in [6.07, 6.45) is 0. The summed E-state index contributed by atoms with van der Waals surface area (Å²) in [6.45, 7) is 3.05. The smallest absolute Gasteiger partial charge is 0.323 e. The van der Waals surface area contributed by atoms with Gasteiger partial charge in [0.15, 0.2) is 6.61 Å². The van der Waals surface area contributed by atoms with E-state index in [1.54, 1.807) is 19.9 Å². The summed E-state index contributed by atoms with van der Waals surface area (Å²) in [6, 6.07) is 13.2. The fourth-order valence-corrected chi connectivity index (χ4v) is 2.19. The predicted molar refractivity (Wildman–Crippen MR) is 83.9 cm³/mol. The molecule has 0 unspecified atom stereocenters. The summed E-state index contributed by atoms with van der Waals surface area (Å²) in [5, 5.41) is 11.0. The molecule has 22 heavy (non-hydrogen) atoms. The van der Waals surface area contributed by atoms with E-state index in [-0.39, 0.29) is 25.1 Å². The van der Waals surface area contributed by atoms with Gasteiger partial charge in [0.1, 0.15) is 12.3 Å². The Balaban J connectivity index is 2.03. The van der Waals surface area contributed by atoms with E-state index in [9.17, 15) is 9.59 Å². The Labute approximate surface area is 129 Å². The van der Waals surface area contributed by atoms with Crippen LogP contribution in [0.2, 0.25) is 0 Å². The van der Waals surface area contributed by atoms with Gasteiger partial charge in [-0.3, -0.25) is 9.59 Å². The lowest BCUT2D eigenvalue weighted by atomic mass is 10.1. The zero-order valence-corrected chi connectivity index (χ0v) is 12.7. The average Bonchev–Trinajstić information content (AvgIpc) is 2.49. The molecule has 0 fully saturated rings. The largest absolute Gasteiger partial charge is 0.484 e. The summed E-state index contributed by atoms with van der Waals surface area (Å²) >= 11 is 0. The van der Waals surface area contributed by atoms with Crippen LogP contribution in [-0.4, -0.2) is 41.1 Å². The van der Waals surface area contributed by atoms with Gasteiger partial charge in [-0.05, 0) is 36.8 Å². The minimum Gasteiger partial charge on any atom is -0.484 e. The molecule has 116 valence electrons. The molecule has 0 aliphatic rings. The van der Waals surface area contributed by atoms with Crippen molar-refractivity contribution in [2.24, 2.45) is 0 Å². The van der Waals surface area contributed by atoms with Gasteiger partial charge in [0, 0.05) is 6.04 Å². The lowest BCUT2D eigenvalue weighted by molar-refractivity contribution is -0.146. The number of carboxylic acid groups (broad SMARTS) is 1. The standard InChI is InChI=1S/C17H19NO4/c1-12(2)18(10-17(20)21)16(19)11-22-15-8-7-13-5-3-4-6-14(13)9-15/h3-9,12H,10-11H2,1-2H3,(H,20,21). The van der Waals surface area contributed by atoms with E-state index < -0.39 is 5.97 Å². The van der Waals surface area contributed by atoms with Crippen molar-refractivity contribution in [2.45, 2.75) is 19.9 Å². The van der Waals surface area contributed by atoms with E-state index in [1.807, 2.05) is 36.4 Å². The number of carboxylic acids is 1. The topological polar surface area (TPSA) is 66.8 Å². The van der Waals surface area contributed by atoms with Gasteiger partial charge in [0.05, 0.1) is 0 Å². The van der Waals surface area contributed by atoms with Crippen molar-refractivity contribution in [1.82, 2.24) is 4.90 Å². The van der Waals surface area contributed by atoms with Crippen LogP contribution in [0.3, 0.4) is 0 Å². The molecule has 0 aliphatic carbocycles. The molecule has 2 aromatic carbocycles. The number of hydrogen-bond donors (Lipinski definition) is 1. The van der Waals surface area contributed by atoms with Gasteiger partial charge in [-0.25, -0.2) is 0 Å². The second-order valence-corrected chi connectivity index (χ2v) is 5.31. The van der Waals surface area contributed by atoms with Crippen molar-refractivity contribution in [3.63, 3.8) is 0 Å². The number of ether oxygens (including phenoxy) is 1. The van der Waals surface area contributed by atoms with E-state index in [0.29, 0.717) is 5.75 Å². The summed E-state index contributed by atoms with van der Waals surface area (Å²) < 4.78 is 5.50. The molecule has 5 nitrogen and oxygen atoms in total. The van der Waals surface area contributed by atoms with E-state index >= 15 is 0 Å². The van der Waals surface area contributed by atoms with Crippen molar-refractivity contribution in [3.8, 4) is 5.75 Å². The lowest BCUT2D eigenvalue weighted by Gasteiger charge is -2.24. The molecule has 0 radical (unpaired) electrons. The molecule has 2 aromatic rings. The first-order valence-corrected chi connectivity index (χ1v) is 7.10. The SMILES string of the molecule is CC(C)N(CC(=O)O)C(=O)COc1ccc2ccccc2c1. The third-order valence-electron chi connectivity index (χ3n) is 3.33. The maximum absolute atomic E-state index is 12.1. The highest BCUT2D eigenvalue weighted by Gasteiger charge is 2.20. The second-order valence-electron chi connectivity index (χ2n) is 5.31. The zero-order valence-electron chi connectivity index (χ0n) is 12.7. The van der Waals surface area contributed by atoms with Crippen LogP contribution < -0.4 is 4.74 Å². The zero-order chi connectivity index (χ0) is 16.1. The van der Waals surface area contributed by atoms with Crippen LogP contribution in [0.15, 0.2) is 42.5 Å². The van der Waals surface area contributed by atoms with Crippen LogP contribution in [0.5, 0.6) is 5.75 Å². The third kappa shape index (κ3) is 3.97. The molecule has 0 aromatic heterocycles. The van der Waals surface area contributed by atoms with Crippen LogP contribution in [0.25, 0.3) is 10.8 Å². The Morgan fingerprint density at radius 2 is 1.82 bits per heavy atom. The number of nitrogens with zero attached hydrogens (tertiary/aromatic N) is 1. The monoisotopic (exact) mass is 301 g/mol. The van der Waals surface area contributed by atoms with Crippen LogP contribution in [-0.2, 0) is 9.59 Å². The summed E-state index contributed by atoms with van der Waals surface area (Å²) in [7, 11) is 0. The highest BCUT2D eigenvalue weighted by molar-refractivity contribution is 5.84. The Morgan fingerprint density at radius 1 is 1.14 bits per heavy atom. The number of hydrogen-bond acceptors (Lipinski definition) is 3. The van der Waals surface area contributed by atoms with Gasteiger partial charge in [-0.15, -0.1) is 0 Å². The first-order chi connectivity index (χ1) is 10.5. The first kappa shape index (κ1) is 15.8. The maximum atomic E-state index is 12.1.